The van der Waals surface area contributed by atoms with Crippen molar-refractivity contribution in [2.45, 2.75) is 392 Å². The summed E-state index contributed by atoms with van der Waals surface area (Å²) in [5.41, 5.74) is 0. The molecule has 3 unspecified atom stereocenters. The lowest BCUT2D eigenvalue weighted by atomic mass is 10.0. The minimum atomic E-state index is -4.70. The zero-order valence-corrected chi connectivity index (χ0v) is 57.3. The molecule has 0 aliphatic carbocycles. The lowest BCUT2D eigenvalue weighted by Crippen LogP contribution is -2.47. The van der Waals surface area contributed by atoms with Crippen LogP contribution in [0.4, 0.5) is 0 Å². The van der Waals surface area contributed by atoms with Crippen LogP contribution in [0.5, 0.6) is 0 Å². The molecular formula is C73H143N2O7P. The predicted octanol–water partition coefficient (Wildman–Crippen LogP) is 22.6. The van der Waals surface area contributed by atoms with Crippen molar-refractivity contribution in [1.29, 1.82) is 0 Å². The second-order valence-corrected chi connectivity index (χ2v) is 27.9. The van der Waals surface area contributed by atoms with Crippen molar-refractivity contribution in [3.05, 3.63) is 24.3 Å². The van der Waals surface area contributed by atoms with Gasteiger partial charge in [0.1, 0.15) is 19.3 Å². The van der Waals surface area contributed by atoms with E-state index in [2.05, 4.69) is 38.2 Å². The second kappa shape index (κ2) is 63.5. The van der Waals surface area contributed by atoms with E-state index >= 15 is 0 Å². The minimum absolute atomic E-state index is 0.0178. The Bertz CT molecular complexity index is 1470. The zero-order valence-electron chi connectivity index (χ0n) is 56.4. The molecule has 0 spiro atoms. The molecule has 1 amide bonds. The van der Waals surface area contributed by atoms with Crippen molar-refractivity contribution in [2.75, 3.05) is 40.9 Å². The number of hydrogen-bond acceptors (Lipinski definition) is 7. The van der Waals surface area contributed by atoms with Crippen LogP contribution in [0.15, 0.2) is 24.3 Å². The number of carbonyl (C=O) groups excluding carboxylic acids is 2. The SMILES string of the molecule is CCCCCCCC/C=C/CCCCCCCCCCCCCCCC(=O)OC(/C=C/CCCCCCCCCCCCC)C(COP(=O)([O-])OCC[N+](C)(C)C)NC(=O)CCCCCCCCCCCCCCCCCCCCCCC. The summed E-state index contributed by atoms with van der Waals surface area (Å²) in [5, 5.41) is 3.06. The number of rotatable bonds is 68. The molecule has 0 radical (unpaired) electrons. The Hall–Kier alpha value is -1.51. The molecule has 0 aromatic heterocycles. The number of nitrogens with one attached hydrogen (secondary N) is 1. The van der Waals surface area contributed by atoms with Gasteiger partial charge < -0.3 is 28.5 Å². The quantitative estimate of drug-likeness (QED) is 0.0212. The number of likely N-dealkylation sites (N-methyl/N-ethyl adjacent to an activating group) is 1. The topological polar surface area (TPSA) is 114 Å². The van der Waals surface area contributed by atoms with E-state index in [4.69, 9.17) is 13.8 Å². The first-order valence-electron chi connectivity index (χ1n) is 36.6. The first-order valence-corrected chi connectivity index (χ1v) is 38.1. The Balaban J connectivity index is 5.05. The maximum Gasteiger partial charge on any atom is 0.306 e. The van der Waals surface area contributed by atoms with E-state index in [1.165, 1.54) is 289 Å². The maximum atomic E-state index is 13.6. The summed E-state index contributed by atoms with van der Waals surface area (Å²) in [4.78, 5) is 40.2. The van der Waals surface area contributed by atoms with Crippen molar-refractivity contribution in [1.82, 2.24) is 5.32 Å². The first kappa shape index (κ1) is 81.5. The summed E-state index contributed by atoms with van der Waals surface area (Å²) in [6.45, 7) is 6.92. The lowest BCUT2D eigenvalue weighted by Gasteiger charge is -2.30. The fourth-order valence-electron chi connectivity index (χ4n) is 11.2. The number of amides is 1. The van der Waals surface area contributed by atoms with Gasteiger partial charge in [0.05, 0.1) is 33.8 Å². The fraction of sp³-hybridized carbons (Fsp3) is 0.918. The number of phosphoric ester groups is 1. The molecule has 9 nitrogen and oxygen atoms in total. The number of hydrogen-bond donors (Lipinski definition) is 1. The van der Waals surface area contributed by atoms with Gasteiger partial charge in [-0.2, -0.15) is 0 Å². The van der Waals surface area contributed by atoms with Crippen LogP contribution in [0.3, 0.4) is 0 Å². The third kappa shape index (κ3) is 64.8. The zero-order chi connectivity index (χ0) is 60.7. The molecule has 0 bridgehead atoms. The summed E-state index contributed by atoms with van der Waals surface area (Å²) in [5.74, 6) is -0.516. The van der Waals surface area contributed by atoms with Gasteiger partial charge in [-0.25, -0.2) is 0 Å². The predicted molar refractivity (Wildman–Crippen MR) is 358 cm³/mol. The Morgan fingerprint density at radius 2 is 0.699 bits per heavy atom. The number of phosphoric acid groups is 1. The molecule has 10 heteroatoms. The van der Waals surface area contributed by atoms with Gasteiger partial charge in [-0.05, 0) is 57.4 Å². The van der Waals surface area contributed by atoms with E-state index in [0.717, 1.165) is 57.8 Å². The van der Waals surface area contributed by atoms with E-state index in [1.807, 2.05) is 33.3 Å². The number of nitrogens with zero attached hydrogens (tertiary/aromatic N) is 1. The third-order valence-electron chi connectivity index (χ3n) is 16.9. The number of ether oxygens (including phenoxy) is 1. The first-order chi connectivity index (χ1) is 40.4. The van der Waals surface area contributed by atoms with E-state index < -0.39 is 20.0 Å². The summed E-state index contributed by atoms with van der Waals surface area (Å²) in [6, 6.07) is -0.883. The van der Waals surface area contributed by atoms with Crippen LogP contribution in [-0.2, 0) is 27.9 Å². The summed E-state index contributed by atoms with van der Waals surface area (Å²) in [6.07, 6.45) is 77.3. The van der Waals surface area contributed by atoms with Crippen LogP contribution in [0.2, 0.25) is 0 Å². The van der Waals surface area contributed by atoms with Gasteiger partial charge >= 0.3 is 5.97 Å². The standard InChI is InChI=1S/C73H143N2O7P/c1-7-10-13-16-19-22-25-28-30-32-34-36-37-39-41-43-45-48-51-54-57-60-63-66-73(77)82-71(64-61-58-55-52-49-46-27-24-21-18-15-12-9-3)70(69-81-83(78,79)80-68-67-75(4,5)6)74-72(76)65-62-59-56-53-50-47-44-42-40-38-35-33-31-29-26-23-20-17-14-11-8-2/h28,30,61,64,70-71H,7-27,29,31-60,62-63,65-69H2,1-6H3,(H-,74,76,78,79)/b30-28+,64-61+. The third-order valence-corrected chi connectivity index (χ3v) is 17.8. The highest BCUT2D eigenvalue weighted by molar-refractivity contribution is 7.45. The summed E-state index contributed by atoms with van der Waals surface area (Å²) >= 11 is 0. The van der Waals surface area contributed by atoms with Gasteiger partial charge in [0.15, 0.2) is 0 Å². The van der Waals surface area contributed by atoms with Crippen molar-refractivity contribution in [2.24, 2.45) is 0 Å². The highest BCUT2D eigenvalue weighted by Crippen LogP contribution is 2.38. The van der Waals surface area contributed by atoms with Crippen LogP contribution in [0.1, 0.15) is 380 Å². The van der Waals surface area contributed by atoms with Crippen molar-refractivity contribution in [3.8, 4) is 0 Å². The van der Waals surface area contributed by atoms with Gasteiger partial charge in [-0.3, -0.25) is 14.2 Å². The van der Waals surface area contributed by atoms with E-state index in [9.17, 15) is 19.0 Å². The van der Waals surface area contributed by atoms with Crippen molar-refractivity contribution < 1.29 is 37.3 Å². The van der Waals surface area contributed by atoms with Gasteiger partial charge in [0.2, 0.25) is 5.91 Å². The average molecular weight is 1190 g/mol. The molecule has 0 fully saturated rings. The molecule has 0 saturated heterocycles. The van der Waals surface area contributed by atoms with Crippen molar-refractivity contribution in [3.63, 3.8) is 0 Å². The Kier molecular flexibility index (Phi) is 62.4. The molecule has 492 valence electrons. The summed E-state index contributed by atoms with van der Waals surface area (Å²) in [7, 11) is 1.21. The molecule has 0 aromatic carbocycles. The van der Waals surface area contributed by atoms with E-state index in [-0.39, 0.29) is 31.5 Å². The van der Waals surface area contributed by atoms with E-state index in [0.29, 0.717) is 17.4 Å². The average Bonchev–Trinajstić information content (AvgIpc) is 3.47. The Morgan fingerprint density at radius 3 is 1.02 bits per heavy atom. The molecule has 0 rings (SSSR count). The molecule has 3 atom stereocenters. The van der Waals surface area contributed by atoms with Gasteiger partial charge in [-0.1, -0.05) is 334 Å². The Morgan fingerprint density at radius 1 is 0.410 bits per heavy atom. The molecule has 0 saturated carbocycles. The van der Waals surface area contributed by atoms with E-state index in [1.54, 1.807) is 0 Å². The largest absolute Gasteiger partial charge is 0.756 e. The summed E-state index contributed by atoms with van der Waals surface area (Å²) < 4.78 is 30.5. The lowest BCUT2D eigenvalue weighted by molar-refractivity contribution is -0.870. The van der Waals surface area contributed by atoms with Crippen LogP contribution >= 0.6 is 7.82 Å². The number of carbonyl (C=O) groups is 2. The normalized spacial score (nSPS) is 13.6. The molecular weight excluding hydrogens is 1050 g/mol. The molecule has 0 heterocycles. The monoisotopic (exact) mass is 1190 g/mol. The number of esters is 1. The maximum absolute atomic E-state index is 13.6. The fourth-order valence-corrected chi connectivity index (χ4v) is 12.0. The molecule has 83 heavy (non-hydrogen) atoms. The minimum Gasteiger partial charge on any atom is -0.756 e. The van der Waals surface area contributed by atoms with Crippen molar-refractivity contribution >= 4 is 19.7 Å². The van der Waals surface area contributed by atoms with Gasteiger partial charge in [0.25, 0.3) is 7.82 Å². The molecule has 0 aliphatic heterocycles. The van der Waals surface area contributed by atoms with Crippen LogP contribution in [0.25, 0.3) is 0 Å². The molecule has 1 N–H and O–H groups in total. The number of quaternary nitrogens is 1. The Labute approximate surface area is 517 Å². The van der Waals surface area contributed by atoms with Crippen LogP contribution < -0.4 is 10.2 Å². The molecule has 0 aromatic rings. The smallest absolute Gasteiger partial charge is 0.306 e. The highest BCUT2D eigenvalue weighted by Gasteiger charge is 2.27. The van der Waals surface area contributed by atoms with Crippen LogP contribution in [-0.4, -0.2) is 69.4 Å². The molecule has 0 aliphatic rings. The second-order valence-electron chi connectivity index (χ2n) is 26.5. The van der Waals surface area contributed by atoms with Gasteiger partial charge in [0, 0.05) is 12.8 Å². The van der Waals surface area contributed by atoms with Gasteiger partial charge in [-0.15, -0.1) is 0 Å². The highest BCUT2D eigenvalue weighted by atomic mass is 31.2. The van der Waals surface area contributed by atoms with Crippen LogP contribution in [0, 0.1) is 0 Å². The number of allylic oxidation sites excluding steroid dienone is 3. The number of unbranched alkanes of at least 4 members (excludes halogenated alkanes) is 50.